The number of carbonyl (C=O) groups is 2. The molecule has 0 N–H and O–H groups in total. The Morgan fingerprint density at radius 1 is 1.20 bits per heavy atom. The number of rotatable bonds is 6. The maximum atomic E-state index is 11.8. The number of esters is 1. The summed E-state index contributed by atoms with van der Waals surface area (Å²) in [6, 6.07) is 7.49. The molecule has 0 radical (unpaired) electrons. The van der Waals surface area contributed by atoms with Crippen molar-refractivity contribution in [3.63, 3.8) is 0 Å². The molecular weight excluding hydrogens is 282 g/mol. The molecule has 20 heavy (non-hydrogen) atoms. The molecule has 0 atom stereocenters. The summed E-state index contributed by atoms with van der Waals surface area (Å²) in [5.74, 6) is -3.08. The Morgan fingerprint density at radius 2 is 1.80 bits per heavy atom. The highest BCUT2D eigenvalue weighted by atomic mass is 32.2. The number of carbonyl (C=O) groups excluding carboxylic acids is 2. The van der Waals surface area contributed by atoms with Gasteiger partial charge >= 0.3 is 5.97 Å². The third-order valence-electron chi connectivity index (χ3n) is 2.33. The van der Waals surface area contributed by atoms with Crippen molar-refractivity contribution in [3.8, 4) is 6.07 Å². The van der Waals surface area contributed by atoms with Crippen molar-refractivity contribution in [1.29, 1.82) is 5.26 Å². The van der Waals surface area contributed by atoms with Gasteiger partial charge in [-0.05, 0) is 19.1 Å². The molecule has 0 aliphatic heterocycles. The van der Waals surface area contributed by atoms with Crippen molar-refractivity contribution in [3.05, 3.63) is 35.4 Å². The molecule has 7 heteroatoms. The summed E-state index contributed by atoms with van der Waals surface area (Å²) in [5, 5.41) is 8.62. The van der Waals surface area contributed by atoms with Crippen molar-refractivity contribution in [2.75, 3.05) is 18.1 Å². The maximum absolute atomic E-state index is 11.8. The average Bonchev–Trinajstić information content (AvgIpc) is 2.37. The molecule has 0 spiro atoms. The zero-order valence-electron chi connectivity index (χ0n) is 10.8. The summed E-state index contributed by atoms with van der Waals surface area (Å²) in [7, 11) is -3.86. The lowest BCUT2D eigenvalue weighted by molar-refractivity contribution is -0.139. The van der Waals surface area contributed by atoms with E-state index in [4.69, 9.17) is 5.26 Å². The van der Waals surface area contributed by atoms with E-state index in [1.54, 1.807) is 6.92 Å². The molecule has 0 saturated carbocycles. The first kappa shape index (κ1) is 15.9. The molecule has 106 valence electrons. The molecule has 6 nitrogen and oxygen atoms in total. The number of sulfone groups is 1. The van der Waals surface area contributed by atoms with Gasteiger partial charge in [-0.1, -0.05) is 12.1 Å². The summed E-state index contributed by atoms with van der Waals surface area (Å²) < 4.78 is 27.8. The minimum Gasteiger partial charge on any atom is -0.465 e. The number of nitrogens with zero attached hydrogens (tertiary/aromatic N) is 1. The molecule has 0 bridgehead atoms. The monoisotopic (exact) mass is 295 g/mol. The number of nitriles is 1. The molecule has 0 fully saturated rings. The van der Waals surface area contributed by atoms with Crippen LogP contribution in [0.1, 0.15) is 22.8 Å². The van der Waals surface area contributed by atoms with Crippen LogP contribution in [-0.4, -0.2) is 38.3 Å². The van der Waals surface area contributed by atoms with Crippen LogP contribution in [0, 0.1) is 11.3 Å². The number of hydrogen-bond acceptors (Lipinski definition) is 6. The van der Waals surface area contributed by atoms with Gasteiger partial charge in [0.1, 0.15) is 11.5 Å². The smallest absolute Gasteiger partial charge is 0.321 e. The SMILES string of the molecule is CCOC(=O)CS(=O)(=O)CC(=O)c1ccc(C#N)cc1. The van der Waals surface area contributed by atoms with Crippen molar-refractivity contribution in [1.82, 2.24) is 0 Å². The van der Waals surface area contributed by atoms with Gasteiger partial charge in [-0.2, -0.15) is 5.26 Å². The lowest BCUT2D eigenvalue weighted by atomic mass is 10.1. The van der Waals surface area contributed by atoms with Crippen molar-refractivity contribution >= 4 is 21.6 Å². The summed E-state index contributed by atoms with van der Waals surface area (Å²) >= 11 is 0. The first-order chi connectivity index (χ1) is 9.38. The van der Waals surface area contributed by atoms with Crippen molar-refractivity contribution < 1.29 is 22.7 Å². The molecule has 1 aromatic rings. The number of hydrogen-bond donors (Lipinski definition) is 0. The van der Waals surface area contributed by atoms with E-state index >= 15 is 0 Å². The highest BCUT2D eigenvalue weighted by Crippen LogP contribution is 2.06. The number of Topliss-reactive ketones (excluding diaryl/α,β-unsaturated/α-hetero) is 1. The topological polar surface area (TPSA) is 101 Å². The third kappa shape index (κ3) is 4.82. The Labute approximate surface area is 116 Å². The average molecular weight is 295 g/mol. The fraction of sp³-hybridized carbons (Fsp3) is 0.308. The predicted octanol–water partition coefficient (Wildman–Crippen LogP) is 0.719. The van der Waals surface area contributed by atoms with Crippen LogP contribution >= 0.6 is 0 Å². The summed E-state index contributed by atoms with van der Waals surface area (Å²) in [6.45, 7) is 1.64. The van der Waals surface area contributed by atoms with Gasteiger partial charge in [0.15, 0.2) is 15.6 Å². The van der Waals surface area contributed by atoms with E-state index in [9.17, 15) is 18.0 Å². The van der Waals surface area contributed by atoms with Crippen LogP contribution in [0.4, 0.5) is 0 Å². The van der Waals surface area contributed by atoms with Gasteiger partial charge in [0.05, 0.1) is 18.2 Å². The van der Waals surface area contributed by atoms with Gasteiger partial charge in [0.25, 0.3) is 0 Å². The van der Waals surface area contributed by atoms with E-state index < -0.39 is 33.1 Å². The molecule has 0 aliphatic carbocycles. The normalized spacial score (nSPS) is 10.6. The first-order valence-electron chi connectivity index (χ1n) is 5.77. The van der Waals surface area contributed by atoms with Crippen molar-refractivity contribution in [2.45, 2.75) is 6.92 Å². The number of benzene rings is 1. The second kappa shape index (κ2) is 6.82. The Kier molecular flexibility index (Phi) is 5.41. The van der Waals surface area contributed by atoms with Crippen LogP contribution in [0.15, 0.2) is 24.3 Å². The fourth-order valence-electron chi connectivity index (χ4n) is 1.45. The van der Waals surface area contributed by atoms with Gasteiger partial charge in [-0.3, -0.25) is 9.59 Å². The van der Waals surface area contributed by atoms with E-state index in [0.717, 1.165) is 0 Å². The van der Waals surface area contributed by atoms with E-state index in [0.29, 0.717) is 5.56 Å². The molecule has 1 aromatic carbocycles. The lowest BCUT2D eigenvalue weighted by Gasteiger charge is -2.04. The van der Waals surface area contributed by atoms with Crippen LogP contribution in [0.5, 0.6) is 0 Å². The molecule has 0 aliphatic rings. The molecule has 0 unspecified atom stereocenters. The van der Waals surface area contributed by atoms with Gasteiger partial charge in [-0.15, -0.1) is 0 Å². The molecule has 0 heterocycles. The van der Waals surface area contributed by atoms with Gasteiger partial charge in [0, 0.05) is 5.56 Å². The Hall–Kier alpha value is -2.20. The van der Waals surface area contributed by atoms with Gasteiger partial charge in [-0.25, -0.2) is 8.42 Å². The molecule has 0 amide bonds. The summed E-state index contributed by atoms with van der Waals surface area (Å²) in [6.07, 6.45) is 0. The highest BCUT2D eigenvalue weighted by Gasteiger charge is 2.22. The molecular formula is C13H13NO5S. The molecule has 0 saturated heterocycles. The van der Waals surface area contributed by atoms with Gasteiger partial charge < -0.3 is 4.74 Å². The summed E-state index contributed by atoms with van der Waals surface area (Å²) in [5.41, 5.74) is 0.548. The van der Waals surface area contributed by atoms with Crippen LogP contribution in [0.3, 0.4) is 0 Å². The number of ether oxygens (including phenoxy) is 1. The second-order valence-electron chi connectivity index (χ2n) is 3.95. The Bertz CT molecular complexity index is 640. The third-order valence-corrected chi connectivity index (χ3v) is 3.71. The Balaban J connectivity index is 2.74. The van der Waals surface area contributed by atoms with Crippen LogP contribution < -0.4 is 0 Å². The summed E-state index contributed by atoms with van der Waals surface area (Å²) in [4.78, 5) is 22.9. The van der Waals surface area contributed by atoms with Crippen LogP contribution in [-0.2, 0) is 19.4 Å². The van der Waals surface area contributed by atoms with Gasteiger partial charge in [0.2, 0.25) is 0 Å². The quantitative estimate of drug-likeness (QED) is 0.566. The lowest BCUT2D eigenvalue weighted by Crippen LogP contribution is -2.25. The van der Waals surface area contributed by atoms with Crippen LogP contribution in [0.25, 0.3) is 0 Å². The zero-order chi connectivity index (χ0) is 15.2. The maximum Gasteiger partial charge on any atom is 0.321 e. The minimum absolute atomic E-state index is 0.0813. The van der Waals surface area contributed by atoms with Crippen molar-refractivity contribution in [2.24, 2.45) is 0 Å². The minimum atomic E-state index is -3.86. The Morgan fingerprint density at radius 3 is 2.30 bits per heavy atom. The van der Waals surface area contributed by atoms with E-state index in [2.05, 4.69) is 4.74 Å². The number of ketones is 1. The predicted molar refractivity (Wildman–Crippen MR) is 70.8 cm³/mol. The highest BCUT2D eigenvalue weighted by molar-refractivity contribution is 7.92. The van der Waals surface area contributed by atoms with E-state index in [1.807, 2.05) is 6.07 Å². The molecule has 1 rings (SSSR count). The standard InChI is InChI=1S/C13H13NO5S/c1-2-19-13(16)9-20(17,18)8-12(15)11-5-3-10(7-14)4-6-11/h3-6H,2,8-9H2,1H3. The van der Waals surface area contributed by atoms with E-state index in [-0.39, 0.29) is 12.2 Å². The fourth-order valence-corrected chi connectivity index (χ4v) is 2.56. The van der Waals surface area contributed by atoms with Crippen LogP contribution in [0.2, 0.25) is 0 Å². The molecule has 0 aromatic heterocycles. The zero-order valence-corrected chi connectivity index (χ0v) is 11.6. The van der Waals surface area contributed by atoms with E-state index in [1.165, 1.54) is 24.3 Å². The second-order valence-corrected chi connectivity index (χ2v) is 6.01. The first-order valence-corrected chi connectivity index (χ1v) is 7.59. The largest absolute Gasteiger partial charge is 0.465 e.